The Kier molecular flexibility index (Phi) is 5.93. The number of benzene rings is 3. The van der Waals surface area contributed by atoms with Gasteiger partial charge in [-0.2, -0.15) is 5.26 Å². The summed E-state index contributed by atoms with van der Waals surface area (Å²) >= 11 is 0. The first-order chi connectivity index (χ1) is 13.6. The lowest BCUT2D eigenvalue weighted by Crippen LogP contribution is -2.28. The molecule has 0 spiro atoms. The Morgan fingerprint density at radius 2 is 1.79 bits per heavy atom. The van der Waals surface area contributed by atoms with Crippen LogP contribution in [0.25, 0.3) is 10.8 Å². The molecule has 3 aromatic rings. The van der Waals surface area contributed by atoms with Gasteiger partial charge in [0.25, 0.3) is 5.91 Å². The SMILES string of the molecule is COc1ccc(C(C)NC(=O)/C(C#N)=C\Nc2cccc3ccccc23)cc1. The molecular weight excluding hydrogens is 350 g/mol. The first-order valence-electron chi connectivity index (χ1n) is 8.91. The van der Waals surface area contributed by atoms with Gasteiger partial charge in [-0.15, -0.1) is 0 Å². The lowest BCUT2D eigenvalue weighted by Gasteiger charge is -2.14. The third kappa shape index (κ3) is 4.30. The van der Waals surface area contributed by atoms with Crippen LogP contribution in [0.5, 0.6) is 5.75 Å². The van der Waals surface area contributed by atoms with Crippen molar-refractivity contribution in [1.29, 1.82) is 5.26 Å². The van der Waals surface area contributed by atoms with Crippen LogP contribution >= 0.6 is 0 Å². The Labute approximate surface area is 164 Å². The fourth-order valence-corrected chi connectivity index (χ4v) is 2.90. The molecule has 2 N–H and O–H groups in total. The maximum atomic E-state index is 12.5. The Balaban J connectivity index is 1.72. The number of carbonyl (C=O) groups excluding carboxylic acids is 1. The van der Waals surface area contributed by atoms with Crippen LogP contribution in [0.4, 0.5) is 5.69 Å². The van der Waals surface area contributed by atoms with E-state index in [-0.39, 0.29) is 11.6 Å². The van der Waals surface area contributed by atoms with E-state index in [1.165, 1.54) is 6.20 Å². The van der Waals surface area contributed by atoms with Gasteiger partial charge in [-0.05, 0) is 36.1 Å². The van der Waals surface area contributed by atoms with Gasteiger partial charge in [0.05, 0.1) is 13.2 Å². The van der Waals surface area contributed by atoms with Crippen LogP contribution < -0.4 is 15.4 Å². The predicted octanol–water partition coefficient (Wildman–Crippen LogP) is 4.55. The van der Waals surface area contributed by atoms with E-state index in [1.807, 2.05) is 79.7 Å². The third-order valence-electron chi connectivity index (χ3n) is 4.49. The highest BCUT2D eigenvalue weighted by Crippen LogP contribution is 2.23. The third-order valence-corrected chi connectivity index (χ3v) is 4.49. The minimum atomic E-state index is -0.432. The summed E-state index contributed by atoms with van der Waals surface area (Å²) in [7, 11) is 1.60. The molecule has 140 valence electrons. The fraction of sp³-hybridized carbons (Fsp3) is 0.130. The van der Waals surface area contributed by atoms with Gasteiger partial charge < -0.3 is 15.4 Å². The van der Waals surface area contributed by atoms with Gasteiger partial charge in [0.1, 0.15) is 17.4 Å². The molecule has 0 aliphatic rings. The number of rotatable bonds is 6. The van der Waals surface area contributed by atoms with Gasteiger partial charge in [0, 0.05) is 17.3 Å². The molecule has 0 saturated heterocycles. The molecule has 1 amide bonds. The first-order valence-corrected chi connectivity index (χ1v) is 8.91. The maximum Gasteiger partial charge on any atom is 0.263 e. The van der Waals surface area contributed by atoms with E-state index >= 15 is 0 Å². The summed E-state index contributed by atoms with van der Waals surface area (Å²) in [5, 5.41) is 17.4. The van der Waals surface area contributed by atoms with Crippen molar-refractivity contribution in [3.05, 3.63) is 84.1 Å². The lowest BCUT2D eigenvalue weighted by atomic mass is 10.1. The smallest absolute Gasteiger partial charge is 0.263 e. The van der Waals surface area contributed by atoms with Gasteiger partial charge >= 0.3 is 0 Å². The number of ether oxygens (including phenoxy) is 1. The minimum Gasteiger partial charge on any atom is -0.497 e. The van der Waals surface area contributed by atoms with Crippen LogP contribution in [0, 0.1) is 11.3 Å². The van der Waals surface area contributed by atoms with Gasteiger partial charge in [-0.1, -0.05) is 48.5 Å². The van der Waals surface area contributed by atoms with Crippen molar-refractivity contribution >= 4 is 22.4 Å². The highest BCUT2D eigenvalue weighted by atomic mass is 16.5. The molecule has 0 saturated carbocycles. The molecule has 0 fully saturated rings. The van der Waals surface area contributed by atoms with Crippen molar-refractivity contribution < 1.29 is 9.53 Å². The second-order valence-electron chi connectivity index (χ2n) is 6.31. The topological polar surface area (TPSA) is 74.1 Å². The van der Waals surface area contributed by atoms with E-state index in [1.54, 1.807) is 7.11 Å². The normalized spacial score (nSPS) is 12.1. The number of amides is 1. The van der Waals surface area contributed by atoms with Crippen LogP contribution in [0.3, 0.4) is 0 Å². The number of nitrogens with zero attached hydrogens (tertiary/aromatic N) is 1. The molecular formula is C23H21N3O2. The van der Waals surface area contributed by atoms with Gasteiger partial charge in [0.2, 0.25) is 0 Å². The Morgan fingerprint density at radius 3 is 2.50 bits per heavy atom. The second kappa shape index (κ2) is 8.74. The molecule has 0 heterocycles. The largest absolute Gasteiger partial charge is 0.497 e. The minimum absolute atomic E-state index is 0.00768. The van der Waals surface area contributed by atoms with Crippen molar-refractivity contribution in [3.8, 4) is 11.8 Å². The van der Waals surface area contributed by atoms with Gasteiger partial charge in [-0.25, -0.2) is 0 Å². The van der Waals surface area contributed by atoms with Crippen LogP contribution in [-0.2, 0) is 4.79 Å². The zero-order valence-electron chi connectivity index (χ0n) is 15.8. The van der Waals surface area contributed by atoms with E-state index < -0.39 is 5.91 Å². The van der Waals surface area contributed by atoms with E-state index in [2.05, 4.69) is 10.6 Å². The summed E-state index contributed by atoms with van der Waals surface area (Å²) in [6.45, 7) is 1.87. The molecule has 3 rings (SSSR count). The Morgan fingerprint density at radius 1 is 1.07 bits per heavy atom. The standard InChI is InChI=1S/C23H21N3O2/c1-16(17-10-12-20(28-2)13-11-17)26-23(27)19(14-24)15-25-22-9-5-7-18-6-3-4-8-21(18)22/h3-13,15-16,25H,1-2H3,(H,26,27)/b19-15-. The van der Waals surface area contributed by atoms with E-state index in [9.17, 15) is 10.1 Å². The molecule has 0 aliphatic carbocycles. The molecule has 28 heavy (non-hydrogen) atoms. The predicted molar refractivity (Wildman–Crippen MR) is 111 cm³/mol. The number of methoxy groups -OCH3 is 1. The van der Waals surface area contributed by atoms with Crippen LogP contribution in [0.15, 0.2) is 78.5 Å². The fourth-order valence-electron chi connectivity index (χ4n) is 2.90. The van der Waals surface area contributed by atoms with Gasteiger partial charge in [0.15, 0.2) is 0 Å². The lowest BCUT2D eigenvalue weighted by molar-refractivity contribution is -0.117. The van der Waals surface area contributed by atoms with Crippen LogP contribution in [0.1, 0.15) is 18.5 Å². The summed E-state index contributed by atoms with van der Waals surface area (Å²) in [4.78, 5) is 12.5. The van der Waals surface area contributed by atoms with Crippen molar-refractivity contribution in [3.63, 3.8) is 0 Å². The average molecular weight is 371 g/mol. The van der Waals surface area contributed by atoms with Crippen molar-refractivity contribution in [1.82, 2.24) is 5.32 Å². The number of hydrogen-bond donors (Lipinski definition) is 2. The average Bonchev–Trinajstić information content (AvgIpc) is 2.74. The Hall–Kier alpha value is -3.78. The summed E-state index contributed by atoms with van der Waals surface area (Å²) in [5.74, 6) is 0.317. The molecule has 0 aromatic heterocycles. The monoisotopic (exact) mass is 371 g/mol. The molecule has 0 bridgehead atoms. The summed E-state index contributed by atoms with van der Waals surface area (Å²) < 4.78 is 5.14. The molecule has 1 unspecified atom stereocenters. The highest BCUT2D eigenvalue weighted by molar-refractivity contribution is 5.99. The molecule has 5 heteroatoms. The Bertz CT molecular complexity index is 1040. The number of nitrogens with one attached hydrogen (secondary N) is 2. The number of anilines is 1. The van der Waals surface area contributed by atoms with E-state index in [0.29, 0.717) is 0 Å². The van der Waals surface area contributed by atoms with Crippen LogP contribution in [-0.4, -0.2) is 13.0 Å². The number of carbonyl (C=O) groups is 1. The quantitative estimate of drug-likeness (QED) is 0.493. The zero-order chi connectivity index (χ0) is 19.9. The van der Waals surface area contributed by atoms with E-state index in [0.717, 1.165) is 27.8 Å². The number of nitriles is 1. The zero-order valence-corrected chi connectivity index (χ0v) is 15.8. The number of fused-ring (bicyclic) bond motifs is 1. The van der Waals surface area contributed by atoms with Crippen molar-refractivity contribution in [2.24, 2.45) is 0 Å². The van der Waals surface area contributed by atoms with Crippen LogP contribution in [0.2, 0.25) is 0 Å². The maximum absolute atomic E-state index is 12.5. The van der Waals surface area contributed by atoms with Crippen molar-refractivity contribution in [2.75, 3.05) is 12.4 Å². The summed E-state index contributed by atoms with van der Waals surface area (Å²) in [6, 6.07) is 22.9. The first kappa shape index (κ1) is 19.0. The molecule has 0 aliphatic heterocycles. The molecule has 5 nitrogen and oxygen atoms in total. The second-order valence-corrected chi connectivity index (χ2v) is 6.31. The molecule has 3 aromatic carbocycles. The highest BCUT2D eigenvalue weighted by Gasteiger charge is 2.14. The van der Waals surface area contributed by atoms with Gasteiger partial charge in [-0.3, -0.25) is 4.79 Å². The summed E-state index contributed by atoms with van der Waals surface area (Å²) in [6.07, 6.45) is 1.44. The van der Waals surface area contributed by atoms with E-state index in [4.69, 9.17) is 4.74 Å². The molecule has 1 atom stereocenters. The number of hydrogen-bond acceptors (Lipinski definition) is 4. The molecule has 0 radical (unpaired) electrons. The summed E-state index contributed by atoms with van der Waals surface area (Å²) in [5.41, 5.74) is 1.77. The van der Waals surface area contributed by atoms with Crippen molar-refractivity contribution in [2.45, 2.75) is 13.0 Å².